The van der Waals surface area contributed by atoms with Gasteiger partial charge in [-0.05, 0) is 38.1 Å². The van der Waals surface area contributed by atoms with E-state index in [0.29, 0.717) is 11.7 Å². The van der Waals surface area contributed by atoms with Crippen LogP contribution >= 0.6 is 0 Å². The highest BCUT2D eigenvalue weighted by molar-refractivity contribution is 5.92. The number of benzene rings is 1. The van der Waals surface area contributed by atoms with Crippen LogP contribution in [-0.4, -0.2) is 65.3 Å². The van der Waals surface area contributed by atoms with Crippen LogP contribution in [0.4, 0.5) is 0 Å². The highest BCUT2D eigenvalue weighted by Gasteiger charge is 2.32. The SMILES string of the molecule is CN1CCN(C(=O)c2ccn(C3CCCNC3)n2)C(c2ccccc2)C1. The summed E-state index contributed by atoms with van der Waals surface area (Å²) < 4.78 is 1.97. The van der Waals surface area contributed by atoms with Crippen LogP contribution in [0.5, 0.6) is 0 Å². The van der Waals surface area contributed by atoms with Gasteiger partial charge in [-0.1, -0.05) is 30.3 Å². The average molecular weight is 353 g/mol. The summed E-state index contributed by atoms with van der Waals surface area (Å²) in [6.07, 6.45) is 4.23. The Balaban J connectivity index is 1.55. The summed E-state index contributed by atoms with van der Waals surface area (Å²) in [5.41, 5.74) is 1.74. The van der Waals surface area contributed by atoms with E-state index >= 15 is 0 Å². The molecule has 0 aliphatic carbocycles. The van der Waals surface area contributed by atoms with Crippen molar-refractivity contribution in [3.05, 3.63) is 53.9 Å². The first kappa shape index (κ1) is 17.2. The number of nitrogens with one attached hydrogen (secondary N) is 1. The molecule has 6 nitrogen and oxygen atoms in total. The Morgan fingerprint density at radius 2 is 2.04 bits per heavy atom. The smallest absolute Gasteiger partial charge is 0.274 e. The summed E-state index contributed by atoms with van der Waals surface area (Å²) in [4.78, 5) is 17.5. The zero-order valence-corrected chi connectivity index (χ0v) is 15.3. The molecule has 2 aliphatic heterocycles. The van der Waals surface area contributed by atoms with Gasteiger partial charge in [0.05, 0.1) is 12.1 Å². The number of hydrogen-bond acceptors (Lipinski definition) is 4. The van der Waals surface area contributed by atoms with Gasteiger partial charge in [0.2, 0.25) is 0 Å². The number of carbonyl (C=O) groups excluding carboxylic acids is 1. The molecule has 2 atom stereocenters. The summed E-state index contributed by atoms with van der Waals surface area (Å²) in [5.74, 6) is 0.0365. The normalized spacial score (nSPS) is 24.6. The lowest BCUT2D eigenvalue weighted by atomic mass is 10.0. The van der Waals surface area contributed by atoms with E-state index in [2.05, 4.69) is 34.5 Å². The summed E-state index contributed by atoms with van der Waals surface area (Å²) in [6.45, 7) is 4.47. The van der Waals surface area contributed by atoms with Crippen LogP contribution in [0.2, 0.25) is 0 Å². The minimum atomic E-state index is 0.0365. The minimum absolute atomic E-state index is 0.0365. The molecule has 2 aliphatic rings. The Morgan fingerprint density at radius 3 is 2.81 bits per heavy atom. The molecule has 138 valence electrons. The van der Waals surface area contributed by atoms with Crippen LogP contribution in [0.3, 0.4) is 0 Å². The monoisotopic (exact) mass is 353 g/mol. The van der Waals surface area contributed by atoms with Gasteiger partial charge in [-0.2, -0.15) is 5.10 Å². The van der Waals surface area contributed by atoms with Gasteiger partial charge in [-0.3, -0.25) is 9.48 Å². The summed E-state index contributed by atoms with van der Waals surface area (Å²) in [5, 5.41) is 8.03. The maximum absolute atomic E-state index is 13.2. The lowest BCUT2D eigenvalue weighted by Crippen LogP contribution is -2.49. The number of likely N-dealkylation sites (N-methyl/N-ethyl adjacent to an activating group) is 1. The Hall–Kier alpha value is -2.18. The number of piperidine rings is 1. The first-order valence-corrected chi connectivity index (χ1v) is 9.53. The second-order valence-corrected chi connectivity index (χ2v) is 7.37. The topological polar surface area (TPSA) is 53.4 Å². The van der Waals surface area contributed by atoms with Crippen molar-refractivity contribution < 1.29 is 4.79 Å². The maximum atomic E-state index is 13.2. The number of aromatic nitrogens is 2. The van der Waals surface area contributed by atoms with Crippen LogP contribution < -0.4 is 5.32 Å². The molecule has 4 rings (SSSR count). The lowest BCUT2D eigenvalue weighted by Gasteiger charge is -2.40. The molecule has 0 spiro atoms. The van der Waals surface area contributed by atoms with Gasteiger partial charge in [0, 0.05) is 32.4 Å². The van der Waals surface area contributed by atoms with Crippen molar-refractivity contribution in [2.75, 3.05) is 39.8 Å². The highest BCUT2D eigenvalue weighted by Crippen LogP contribution is 2.26. The third kappa shape index (κ3) is 3.52. The fraction of sp³-hybridized carbons (Fsp3) is 0.500. The third-order valence-electron chi connectivity index (χ3n) is 5.50. The van der Waals surface area contributed by atoms with Gasteiger partial charge >= 0.3 is 0 Å². The molecule has 2 aromatic rings. The number of rotatable bonds is 3. The van der Waals surface area contributed by atoms with Gasteiger partial charge in [-0.15, -0.1) is 0 Å². The van der Waals surface area contributed by atoms with Gasteiger partial charge in [0.1, 0.15) is 5.69 Å². The predicted octanol–water partition coefficient (Wildman–Crippen LogP) is 1.94. The Bertz CT molecular complexity index is 738. The minimum Gasteiger partial charge on any atom is -0.328 e. The molecule has 3 heterocycles. The van der Waals surface area contributed by atoms with E-state index < -0.39 is 0 Å². The second-order valence-electron chi connectivity index (χ2n) is 7.37. The summed E-state index contributed by atoms with van der Waals surface area (Å²) >= 11 is 0. The predicted molar refractivity (Wildman–Crippen MR) is 101 cm³/mol. The highest BCUT2D eigenvalue weighted by atomic mass is 16.2. The summed E-state index contributed by atoms with van der Waals surface area (Å²) in [6, 6.07) is 12.6. The van der Waals surface area contributed by atoms with Crippen LogP contribution in [-0.2, 0) is 0 Å². The van der Waals surface area contributed by atoms with E-state index in [4.69, 9.17) is 0 Å². The standard InChI is InChI=1S/C20H27N5O/c1-23-12-13-24(19(15-23)16-6-3-2-4-7-16)20(26)18-9-11-25(22-18)17-8-5-10-21-14-17/h2-4,6-7,9,11,17,19,21H,5,8,10,12-15H2,1H3. The molecule has 6 heteroatoms. The van der Waals surface area contributed by atoms with Crippen molar-refractivity contribution in [2.45, 2.75) is 24.9 Å². The van der Waals surface area contributed by atoms with E-state index in [1.807, 2.05) is 40.0 Å². The zero-order valence-electron chi connectivity index (χ0n) is 15.3. The van der Waals surface area contributed by atoms with E-state index in [-0.39, 0.29) is 11.9 Å². The molecular weight excluding hydrogens is 326 g/mol. The number of carbonyl (C=O) groups is 1. The molecule has 0 bridgehead atoms. The van der Waals surface area contributed by atoms with Crippen LogP contribution in [0.25, 0.3) is 0 Å². The molecule has 0 radical (unpaired) electrons. The molecule has 2 saturated heterocycles. The number of piperazine rings is 1. The molecule has 1 N–H and O–H groups in total. The third-order valence-corrected chi connectivity index (χ3v) is 5.50. The quantitative estimate of drug-likeness (QED) is 0.916. The first-order chi connectivity index (χ1) is 12.7. The molecule has 26 heavy (non-hydrogen) atoms. The van der Waals surface area contributed by atoms with Crippen LogP contribution in [0.1, 0.15) is 41.0 Å². The fourth-order valence-corrected chi connectivity index (χ4v) is 3.98. The maximum Gasteiger partial charge on any atom is 0.274 e. The van der Waals surface area contributed by atoms with Crippen molar-refractivity contribution in [3.8, 4) is 0 Å². The van der Waals surface area contributed by atoms with E-state index in [0.717, 1.165) is 45.6 Å². The number of hydrogen-bond donors (Lipinski definition) is 1. The van der Waals surface area contributed by atoms with Crippen LogP contribution in [0, 0.1) is 0 Å². The molecule has 1 aromatic carbocycles. The van der Waals surface area contributed by atoms with E-state index in [9.17, 15) is 4.79 Å². The molecule has 1 amide bonds. The van der Waals surface area contributed by atoms with Crippen molar-refractivity contribution in [1.82, 2.24) is 24.9 Å². The number of nitrogens with zero attached hydrogens (tertiary/aromatic N) is 4. The molecular formula is C20H27N5O. The fourth-order valence-electron chi connectivity index (χ4n) is 3.98. The van der Waals surface area contributed by atoms with E-state index in [1.165, 1.54) is 5.56 Å². The van der Waals surface area contributed by atoms with Gasteiger partial charge < -0.3 is 15.1 Å². The average Bonchev–Trinajstić information content (AvgIpc) is 3.19. The molecule has 2 unspecified atom stereocenters. The second kappa shape index (κ2) is 7.60. The largest absolute Gasteiger partial charge is 0.328 e. The summed E-state index contributed by atoms with van der Waals surface area (Å²) in [7, 11) is 2.11. The van der Waals surface area contributed by atoms with Crippen molar-refractivity contribution in [3.63, 3.8) is 0 Å². The molecule has 1 aromatic heterocycles. The first-order valence-electron chi connectivity index (χ1n) is 9.53. The lowest BCUT2D eigenvalue weighted by molar-refractivity contribution is 0.0491. The number of amides is 1. The molecule has 0 saturated carbocycles. The Labute approximate surface area is 154 Å². The van der Waals surface area contributed by atoms with Gasteiger partial charge in [0.25, 0.3) is 5.91 Å². The van der Waals surface area contributed by atoms with Crippen molar-refractivity contribution in [1.29, 1.82) is 0 Å². The van der Waals surface area contributed by atoms with Crippen molar-refractivity contribution >= 4 is 5.91 Å². The Kier molecular flexibility index (Phi) is 5.04. The van der Waals surface area contributed by atoms with Gasteiger partial charge in [-0.25, -0.2) is 0 Å². The Morgan fingerprint density at radius 1 is 1.19 bits per heavy atom. The van der Waals surface area contributed by atoms with Crippen LogP contribution in [0.15, 0.2) is 42.6 Å². The van der Waals surface area contributed by atoms with Crippen molar-refractivity contribution in [2.24, 2.45) is 0 Å². The zero-order chi connectivity index (χ0) is 17.9. The molecule has 2 fully saturated rings. The van der Waals surface area contributed by atoms with E-state index in [1.54, 1.807) is 0 Å². The van der Waals surface area contributed by atoms with Gasteiger partial charge in [0.15, 0.2) is 0 Å².